The average Bonchev–Trinajstić information content (AvgIpc) is 3.15. The molecule has 0 spiro atoms. The van der Waals surface area contributed by atoms with E-state index in [1.165, 1.54) is 0 Å². The zero-order valence-corrected chi connectivity index (χ0v) is 17.3. The first-order valence-electron chi connectivity index (χ1n) is 9.79. The van der Waals surface area contributed by atoms with Gasteiger partial charge in [0.05, 0.1) is 6.61 Å². The number of hydrogen-bond acceptors (Lipinski definition) is 4. The van der Waals surface area contributed by atoms with E-state index in [0.29, 0.717) is 46.3 Å². The van der Waals surface area contributed by atoms with Gasteiger partial charge in [-0.15, -0.1) is 0 Å². The van der Waals surface area contributed by atoms with E-state index >= 15 is 0 Å². The number of oxazole rings is 1. The van der Waals surface area contributed by atoms with Gasteiger partial charge < -0.3 is 14.5 Å². The van der Waals surface area contributed by atoms with Crippen LogP contribution in [0.25, 0.3) is 11.1 Å². The Bertz CT molecular complexity index is 1150. The number of benzene rings is 3. The highest BCUT2D eigenvalue weighted by Crippen LogP contribution is 2.23. The van der Waals surface area contributed by atoms with Crippen LogP contribution in [0.2, 0.25) is 5.02 Å². The van der Waals surface area contributed by atoms with Crippen molar-refractivity contribution in [3.63, 3.8) is 0 Å². The third-order valence-electron chi connectivity index (χ3n) is 4.55. The largest absolute Gasteiger partial charge is 0.494 e. The number of nitrogens with one attached hydrogen (secondary N) is 1. The molecule has 0 aliphatic carbocycles. The first-order valence-corrected chi connectivity index (χ1v) is 10.2. The van der Waals surface area contributed by atoms with Crippen LogP contribution in [0.5, 0.6) is 5.75 Å². The summed E-state index contributed by atoms with van der Waals surface area (Å²) in [6, 6.07) is 20.1. The minimum atomic E-state index is -0.193. The summed E-state index contributed by atoms with van der Waals surface area (Å²) < 4.78 is 11.4. The van der Waals surface area contributed by atoms with Gasteiger partial charge in [0.15, 0.2) is 11.5 Å². The highest BCUT2D eigenvalue weighted by molar-refractivity contribution is 6.30. The summed E-state index contributed by atoms with van der Waals surface area (Å²) in [5, 5.41) is 3.60. The van der Waals surface area contributed by atoms with E-state index in [2.05, 4.69) is 10.3 Å². The summed E-state index contributed by atoms with van der Waals surface area (Å²) in [7, 11) is 0. The molecule has 0 saturated heterocycles. The number of amides is 1. The number of hydrogen-bond donors (Lipinski definition) is 1. The predicted octanol–water partition coefficient (Wildman–Crippen LogP) is 6.11. The van der Waals surface area contributed by atoms with Gasteiger partial charge in [0, 0.05) is 22.7 Å². The molecule has 30 heavy (non-hydrogen) atoms. The molecule has 4 aromatic rings. The van der Waals surface area contributed by atoms with Crippen molar-refractivity contribution in [2.45, 2.75) is 19.8 Å². The predicted molar refractivity (Wildman–Crippen MR) is 118 cm³/mol. The molecule has 0 atom stereocenters. The van der Waals surface area contributed by atoms with Crippen LogP contribution >= 0.6 is 11.6 Å². The van der Waals surface area contributed by atoms with E-state index in [1.54, 1.807) is 36.4 Å². The van der Waals surface area contributed by atoms with Crippen LogP contribution < -0.4 is 10.1 Å². The highest BCUT2D eigenvalue weighted by atomic mass is 35.5. The van der Waals surface area contributed by atoms with Crippen LogP contribution in [-0.2, 0) is 6.42 Å². The van der Waals surface area contributed by atoms with Crippen LogP contribution in [-0.4, -0.2) is 17.5 Å². The van der Waals surface area contributed by atoms with Crippen LogP contribution in [0.15, 0.2) is 71.1 Å². The van der Waals surface area contributed by atoms with Gasteiger partial charge in [-0.3, -0.25) is 4.79 Å². The maximum atomic E-state index is 12.5. The molecule has 1 aromatic heterocycles. The Morgan fingerprint density at radius 1 is 1.07 bits per heavy atom. The Labute approximate surface area is 179 Å². The maximum Gasteiger partial charge on any atom is 0.255 e. The summed E-state index contributed by atoms with van der Waals surface area (Å²) in [6.07, 6.45) is 1.51. The number of nitrogens with zero attached hydrogens (tertiary/aromatic N) is 1. The molecule has 0 aliphatic rings. The van der Waals surface area contributed by atoms with Crippen molar-refractivity contribution in [1.29, 1.82) is 0 Å². The molecule has 0 saturated carbocycles. The highest BCUT2D eigenvalue weighted by Gasteiger charge is 2.10. The summed E-state index contributed by atoms with van der Waals surface area (Å²) >= 11 is 5.93. The molecule has 5 nitrogen and oxygen atoms in total. The molecule has 0 bridgehead atoms. The van der Waals surface area contributed by atoms with Gasteiger partial charge in [0.25, 0.3) is 5.91 Å². The zero-order chi connectivity index (χ0) is 20.9. The van der Waals surface area contributed by atoms with Crippen molar-refractivity contribution in [3.8, 4) is 5.75 Å². The van der Waals surface area contributed by atoms with Gasteiger partial charge in [0.1, 0.15) is 11.3 Å². The molecule has 1 N–H and O–H groups in total. The van der Waals surface area contributed by atoms with E-state index in [0.717, 1.165) is 17.7 Å². The minimum Gasteiger partial charge on any atom is -0.494 e. The molecule has 4 rings (SSSR count). The van der Waals surface area contributed by atoms with Gasteiger partial charge in [-0.05, 0) is 66.6 Å². The van der Waals surface area contributed by atoms with Crippen molar-refractivity contribution >= 4 is 34.3 Å². The molecule has 1 heterocycles. The second-order valence-corrected chi connectivity index (χ2v) is 7.36. The lowest BCUT2D eigenvalue weighted by Crippen LogP contribution is -2.11. The lowest BCUT2D eigenvalue weighted by atomic mass is 10.1. The quantitative estimate of drug-likeness (QED) is 0.391. The molecule has 6 heteroatoms. The number of rotatable bonds is 7. The number of anilines is 1. The Hall–Kier alpha value is -3.31. The zero-order valence-electron chi connectivity index (χ0n) is 16.5. The molecule has 152 valence electrons. The third-order valence-corrected chi connectivity index (χ3v) is 4.80. The Morgan fingerprint density at radius 3 is 2.57 bits per heavy atom. The molecule has 0 unspecified atom stereocenters. The first-order chi connectivity index (χ1) is 14.6. The van der Waals surface area contributed by atoms with E-state index < -0.39 is 0 Å². The molecule has 0 aliphatic heterocycles. The van der Waals surface area contributed by atoms with Crippen molar-refractivity contribution in [3.05, 3.63) is 88.8 Å². The van der Waals surface area contributed by atoms with Crippen LogP contribution in [0.3, 0.4) is 0 Å². The molecule has 3 aromatic carbocycles. The number of aromatic nitrogens is 1. The third kappa shape index (κ3) is 4.81. The van der Waals surface area contributed by atoms with Crippen LogP contribution in [0.1, 0.15) is 35.2 Å². The second kappa shape index (κ2) is 9.01. The Kier molecular flexibility index (Phi) is 6.00. The Balaban J connectivity index is 1.45. The average molecular weight is 421 g/mol. The number of carbonyl (C=O) groups is 1. The Morgan fingerprint density at radius 2 is 1.83 bits per heavy atom. The van der Waals surface area contributed by atoms with Crippen molar-refractivity contribution in [1.82, 2.24) is 4.98 Å². The smallest absolute Gasteiger partial charge is 0.255 e. The van der Waals surface area contributed by atoms with Crippen molar-refractivity contribution in [2.24, 2.45) is 0 Å². The fourth-order valence-electron chi connectivity index (χ4n) is 3.03. The standard InChI is InChI=1S/C24H21ClN2O3/c1-2-13-29-20-10-5-17(6-11-20)24(28)26-19-9-12-22-21(15-19)27-23(30-22)14-16-3-7-18(25)8-4-16/h3-12,15H,2,13-14H2,1H3,(H,26,28). The van der Waals surface area contributed by atoms with Crippen LogP contribution in [0, 0.1) is 0 Å². The van der Waals surface area contributed by atoms with E-state index in [1.807, 2.05) is 37.3 Å². The topological polar surface area (TPSA) is 64.4 Å². The number of halogens is 1. The van der Waals surface area contributed by atoms with E-state index in [9.17, 15) is 4.79 Å². The molecule has 1 amide bonds. The van der Waals surface area contributed by atoms with Gasteiger partial charge in [-0.25, -0.2) is 4.98 Å². The molecular formula is C24H21ClN2O3. The minimum absolute atomic E-state index is 0.193. The summed E-state index contributed by atoms with van der Waals surface area (Å²) in [5.74, 6) is 1.17. The van der Waals surface area contributed by atoms with Crippen molar-refractivity contribution < 1.29 is 13.9 Å². The summed E-state index contributed by atoms with van der Waals surface area (Å²) in [6.45, 7) is 2.71. The normalized spacial score (nSPS) is 10.9. The maximum absolute atomic E-state index is 12.5. The summed E-state index contributed by atoms with van der Waals surface area (Å²) in [4.78, 5) is 17.1. The lowest BCUT2D eigenvalue weighted by Gasteiger charge is -2.07. The second-order valence-electron chi connectivity index (χ2n) is 6.92. The molecule has 0 fully saturated rings. The van der Waals surface area contributed by atoms with Gasteiger partial charge in [-0.1, -0.05) is 30.7 Å². The SMILES string of the molecule is CCCOc1ccc(C(=O)Nc2ccc3oc(Cc4ccc(Cl)cc4)nc3c2)cc1. The monoisotopic (exact) mass is 420 g/mol. The lowest BCUT2D eigenvalue weighted by molar-refractivity contribution is 0.102. The fraction of sp³-hybridized carbons (Fsp3) is 0.167. The molecule has 0 radical (unpaired) electrons. The van der Waals surface area contributed by atoms with E-state index in [-0.39, 0.29) is 5.91 Å². The first kappa shape index (κ1) is 20.0. The van der Waals surface area contributed by atoms with Crippen LogP contribution in [0.4, 0.5) is 5.69 Å². The summed E-state index contributed by atoms with van der Waals surface area (Å²) in [5.41, 5.74) is 3.65. The number of ether oxygens (including phenoxy) is 1. The van der Waals surface area contributed by atoms with E-state index in [4.69, 9.17) is 20.8 Å². The van der Waals surface area contributed by atoms with Gasteiger partial charge in [0.2, 0.25) is 0 Å². The fourth-order valence-corrected chi connectivity index (χ4v) is 3.16. The number of carbonyl (C=O) groups excluding carboxylic acids is 1. The molecular weight excluding hydrogens is 400 g/mol. The van der Waals surface area contributed by atoms with Crippen molar-refractivity contribution in [2.75, 3.05) is 11.9 Å². The number of fused-ring (bicyclic) bond motifs is 1. The van der Waals surface area contributed by atoms with Gasteiger partial charge >= 0.3 is 0 Å². The van der Waals surface area contributed by atoms with Gasteiger partial charge in [-0.2, -0.15) is 0 Å².